The molecular weight excluding hydrogens is 287 g/mol. The molecule has 0 spiro atoms. The highest BCUT2D eigenvalue weighted by molar-refractivity contribution is 5.92. The van der Waals surface area contributed by atoms with Crippen molar-refractivity contribution < 1.29 is 27.4 Å². The van der Waals surface area contributed by atoms with Gasteiger partial charge in [-0.2, -0.15) is 0 Å². The fourth-order valence-corrected chi connectivity index (χ4v) is 1.56. The topological polar surface area (TPSA) is 48.4 Å². The van der Waals surface area contributed by atoms with Crippen LogP contribution in [0.3, 0.4) is 0 Å². The maximum Gasteiger partial charge on any atom is 0.575 e. The molecule has 2 rings (SSSR count). The number of aromatic nitrogens is 1. The number of carbonyl (C=O) groups excluding carboxylic acids is 1. The number of rotatable bonds is 4. The van der Waals surface area contributed by atoms with Crippen LogP contribution in [-0.2, 0) is 11.3 Å². The van der Waals surface area contributed by atoms with E-state index < -0.39 is 12.3 Å². The van der Waals surface area contributed by atoms with Crippen LogP contribution in [0.15, 0.2) is 48.8 Å². The SMILES string of the molecule is O=C(OC(F)(F)F)c1cnccc1OCc1ccccc1. The Kier molecular flexibility index (Phi) is 4.42. The predicted molar refractivity (Wildman–Crippen MR) is 66.5 cm³/mol. The Hall–Kier alpha value is -2.57. The van der Waals surface area contributed by atoms with Gasteiger partial charge in [-0.1, -0.05) is 30.3 Å². The molecular formula is C14H10F3NO3. The van der Waals surface area contributed by atoms with Gasteiger partial charge in [0.25, 0.3) is 0 Å². The molecule has 0 aliphatic rings. The van der Waals surface area contributed by atoms with Gasteiger partial charge in [0.1, 0.15) is 17.9 Å². The fourth-order valence-electron chi connectivity index (χ4n) is 1.56. The van der Waals surface area contributed by atoms with E-state index in [1.54, 1.807) is 24.3 Å². The monoisotopic (exact) mass is 297 g/mol. The number of benzene rings is 1. The number of hydrogen-bond donors (Lipinski definition) is 0. The molecule has 0 saturated carbocycles. The Morgan fingerprint density at radius 2 is 1.86 bits per heavy atom. The molecule has 1 aromatic heterocycles. The molecule has 21 heavy (non-hydrogen) atoms. The molecule has 1 heterocycles. The van der Waals surface area contributed by atoms with Gasteiger partial charge in [0.2, 0.25) is 0 Å². The van der Waals surface area contributed by atoms with Crippen LogP contribution >= 0.6 is 0 Å². The molecule has 0 amide bonds. The van der Waals surface area contributed by atoms with E-state index in [9.17, 15) is 18.0 Å². The fraction of sp³-hybridized carbons (Fsp3) is 0.143. The van der Waals surface area contributed by atoms with E-state index in [-0.39, 0.29) is 17.9 Å². The molecule has 0 bridgehead atoms. The number of hydrogen-bond acceptors (Lipinski definition) is 4. The molecule has 0 radical (unpaired) electrons. The van der Waals surface area contributed by atoms with E-state index >= 15 is 0 Å². The van der Waals surface area contributed by atoms with Gasteiger partial charge < -0.3 is 9.47 Å². The Morgan fingerprint density at radius 3 is 2.52 bits per heavy atom. The molecule has 0 N–H and O–H groups in total. The zero-order valence-corrected chi connectivity index (χ0v) is 10.6. The first-order chi connectivity index (χ1) is 9.96. The second kappa shape index (κ2) is 6.25. The van der Waals surface area contributed by atoms with Crippen molar-refractivity contribution in [1.82, 2.24) is 4.98 Å². The minimum atomic E-state index is -5.05. The van der Waals surface area contributed by atoms with Crippen molar-refractivity contribution in [3.63, 3.8) is 0 Å². The van der Waals surface area contributed by atoms with Crippen molar-refractivity contribution in [3.8, 4) is 5.75 Å². The molecule has 2 aromatic rings. The average molecular weight is 297 g/mol. The minimum Gasteiger partial charge on any atom is -0.488 e. The lowest BCUT2D eigenvalue weighted by Gasteiger charge is -2.11. The van der Waals surface area contributed by atoms with Crippen LogP contribution in [0.25, 0.3) is 0 Å². The standard InChI is InChI=1S/C14H10F3NO3/c15-14(16,17)21-13(19)11-8-18-7-6-12(11)20-9-10-4-2-1-3-5-10/h1-8H,9H2. The van der Waals surface area contributed by atoms with Crippen LogP contribution in [0, 0.1) is 0 Å². The molecule has 0 aliphatic heterocycles. The van der Waals surface area contributed by atoms with Crippen LogP contribution in [0.1, 0.15) is 15.9 Å². The quantitative estimate of drug-likeness (QED) is 0.812. The van der Waals surface area contributed by atoms with E-state index in [4.69, 9.17) is 4.74 Å². The van der Waals surface area contributed by atoms with Crippen molar-refractivity contribution in [2.45, 2.75) is 13.0 Å². The summed E-state index contributed by atoms with van der Waals surface area (Å²) in [5, 5.41) is 0. The van der Waals surface area contributed by atoms with Gasteiger partial charge in [0.05, 0.1) is 0 Å². The van der Waals surface area contributed by atoms with Crippen molar-refractivity contribution in [1.29, 1.82) is 0 Å². The summed E-state index contributed by atoms with van der Waals surface area (Å²) in [5.41, 5.74) is 0.426. The summed E-state index contributed by atoms with van der Waals surface area (Å²) >= 11 is 0. The highest BCUT2D eigenvalue weighted by Gasteiger charge is 2.35. The summed E-state index contributed by atoms with van der Waals surface area (Å²) < 4.78 is 44.9. The molecule has 110 valence electrons. The van der Waals surface area contributed by atoms with E-state index in [0.717, 1.165) is 11.8 Å². The predicted octanol–water partition coefficient (Wildman–Crippen LogP) is 3.34. The number of halogens is 3. The normalized spacial score (nSPS) is 11.0. The van der Waals surface area contributed by atoms with Crippen LogP contribution in [0.5, 0.6) is 5.75 Å². The molecule has 1 aromatic carbocycles. The summed E-state index contributed by atoms with van der Waals surface area (Å²) in [7, 11) is 0. The Labute approximate surface area is 118 Å². The first-order valence-electron chi connectivity index (χ1n) is 5.86. The molecule has 0 aliphatic carbocycles. The zero-order chi connectivity index (χ0) is 15.3. The number of carbonyl (C=O) groups is 1. The number of pyridine rings is 1. The van der Waals surface area contributed by atoms with Gasteiger partial charge in [0, 0.05) is 12.4 Å². The number of alkyl halides is 3. The van der Waals surface area contributed by atoms with Crippen LogP contribution in [-0.4, -0.2) is 17.3 Å². The number of ether oxygens (including phenoxy) is 2. The number of esters is 1. The van der Waals surface area contributed by atoms with Crippen molar-refractivity contribution in [2.75, 3.05) is 0 Å². The van der Waals surface area contributed by atoms with Gasteiger partial charge in [-0.25, -0.2) is 4.79 Å². The van der Waals surface area contributed by atoms with Crippen LogP contribution in [0.4, 0.5) is 13.2 Å². The third kappa shape index (κ3) is 4.48. The smallest absolute Gasteiger partial charge is 0.488 e. The summed E-state index contributed by atoms with van der Waals surface area (Å²) in [4.78, 5) is 15.0. The average Bonchev–Trinajstić information content (AvgIpc) is 2.45. The summed E-state index contributed by atoms with van der Waals surface area (Å²) in [5.74, 6) is -1.58. The van der Waals surface area contributed by atoms with Gasteiger partial charge in [-0.3, -0.25) is 4.98 Å². The lowest BCUT2D eigenvalue weighted by molar-refractivity contribution is -0.291. The lowest BCUT2D eigenvalue weighted by atomic mass is 10.2. The second-order valence-electron chi connectivity index (χ2n) is 3.98. The first kappa shape index (κ1) is 14.8. The van der Waals surface area contributed by atoms with Gasteiger partial charge in [-0.15, -0.1) is 13.2 Å². The molecule has 0 saturated heterocycles. The van der Waals surface area contributed by atoms with E-state index in [1.165, 1.54) is 12.3 Å². The van der Waals surface area contributed by atoms with Gasteiger partial charge >= 0.3 is 12.3 Å². The summed E-state index contributed by atoms with van der Waals surface area (Å²) in [6, 6.07) is 10.3. The molecule has 7 heteroatoms. The van der Waals surface area contributed by atoms with Crippen LogP contribution < -0.4 is 4.74 Å². The Morgan fingerprint density at radius 1 is 1.14 bits per heavy atom. The molecule has 4 nitrogen and oxygen atoms in total. The summed E-state index contributed by atoms with van der Waals surface area (Å²) in [6.07, 6.45) is -2.78. The van der Waals surface area contributed by atoms with E-state index in [2.05, 4.69) is 9.72 Å². The second-order valence-corrected chi connectivity index (χ2v) is 3.98. The maximum absolute atomic E-state index is 12.1. The van der Waals surface area contributed by atoms with E-state index in [1.807, 2.05) is 6.07 Å². The Balaban J connectivity index is 2.12. The van der Waals surface area contributed by atoms with Crippen molar-refractivity contribution >= 4 is 5.97 Å². The van der Waals surface area contributed by atoms with Gasteiger partial charge in [-0.05, 0) is 11.6 Å². The maximum atomic E-state index is 12.1. The van der Waals surface area contributed by atoms with Crippen molar-refractivity contribution in [3.05, 3.63) is 59.9 Å². The largest absolute Gasteiger partial charge is 0.575 e. The molecule has 0 fully saturated rings. The minimum absolute atomic E-state index is 0.0249. The third-order valence-corrected chi connectivity index (χ3v) is 2.45. The first-order valence-corrected chi connectivity index (χ1v) is 5.86. The van der Waals surface area contributed by atoms with Crippen LogP contribution in [0.2, 0.25) is 0 Å². The third-order valence-electron chi connectivity index (χ3n) is 2.45. The lowest BCUT2D eigenvalue weighted by Crippen LogP contribution is -2.20. The highest BCUT2D eigenvalue weighted by Crippen LogP contribution is 2.24. The van der Waals surface area contributed by atoms with Gasteiger partial charge in [0.15, 0.2) is 0 Å². The number of nitrogens with zero attached hydrogens (tertiary/aromatic N) is 1. The van der Waals surface area contributed by atoms with E-state index in [0.29, 0.717) is 0 Å². The Bertz CT molecular complexity index is 614. The zero-order valence-electron chi connectivity index (χ0n) is 10.6. The highest BCUT2D eigenvalue weighted by atomic mass is 19.4. The van der Waals surface area contributed by atoms with Crippen molar-refractivity contribution in [2.24, 2.45) is 0 Å². The molecule has 0 atom stereocenters. The molecule has 0 unspecified atom stereocenters. The summed E-state index contributed by atoms with van der Waals surface area (Å²) in [6.45, 7) is 0.108.